The van der Waals surface area contributed by atoms with Crippen molar-refractivity contribution in [1.82, 2.24) is 0 Å². The summed E-state index contributed by atoms with van der Waals surface area (Å²) >= 11 is 0. The van der Waals surface area contributed by atoms with Gasteiger partial charge in [-0.3, -0.25) is 4.79 Å². The van der Waals surface area contributed by atoms with Gasteiger partial charge in [-0.05, 0) is 37.5 Å². The maximum atomic E-state index is 13.3. The summed E-state index contributed by atoms with van der Waals surface area (Å²) in [5.41, 5.74) is 6.09. The van der Waals surface area contributed by atoms with Gasteiger partial charge in [-0.2, -0.15) is 0 Å². The average Bonchev–Trinajstić information content (AvgIpc) is 2.36. The van der Waals surface area contributed by atoms with Gasteiger partial charge in [-0.15, -0.1) is 0 Å². The molecular formula is C14H19FN2O2. The van der Waals surface area contributed by atoms with Gasteiger partial charge in [0.25, 0.3) is 0 Å². The topological polar surface area (TPSA) is 64.3 Å². The molecule has 0 aromatic heterocycles. The Bertz CT molecular complexity index is 467. The third kappa shape index (κ3) is 3.11. The van der Waals surface area contributed by atoms with Crippen LogP contribution in [0.2, 0.25) is 0 Å². The lowest BCUT2D eigenvalue weighted by molar-refractivity contribution is -0.129. The molecule has 3 N–H and O–H groups in total. The summed E-state index contributed by atoms with van der Waals surface area (Å²) in [5, 5.41) is 2.76. The summed E-state index contributed by atoms with van der Waals surface area (Å²) in [4.78, 5) is 11.9. The highest BCUT2D eigenvalue weighted by atomic mass is 19.1. The van der Waals surface area contributed by atoms with Crippen LogP contribution in [-0.2, 0) is 16.1 Å². The second-order valence-electron chi connectivity index (χ2n) is 4.98. The number of ether oxygens (including phenoxy) is 1. The number of hydrogen-bond donors (Lipinski definition) is 2. The van der Waals surface area contributed by atoms with Crippen molar-refractivity contribution in [1.29, 1.82) is 0 Å². The van der Waals surface area contributed by atoms with E-state index in [1.165, 1.54) is 12.1 Å². The quantitative estimate of drug-likeness (QED) is 0.858. The number of carbonyl (C=O) groups is 1. The maximum Gasteiger partial charge on any atom is 0.227 e. The zero-order valence-electron chi connectivity index (χ0n) is 11.0. The Balaban J connectivity index is 1.99. The highest BCUT2D eigenvalue weighted by molar-refractivity contribution is 5.91. The van der Waals surface area contributed by atoms with E-state index < -0.39 is 0 Å². The third-order valence-corrected chi connectivity index (χ3v) is 3.73. The number of nitrogens with two attached hydrogens (primary N) is 1. The Hall–Kier alpha value is -1.46. The lowest BCUT2D eigenvalue weighted by Gasteiger charge is -2.39. The molecule has 1 aromatic carbocycles. The summed E-state index contributed by atoms with van der Waals surface area (Å²) < 4.78 is 18.7. The highest BCUT2D eigenvalue weighted by Gasteiger charge is 2.38. The zero-order chi connectivity index (χ0) is 13.9. The van der Waals surface area contributed by atoms with Gasteiger partial charge in [0.05, 0.1) is 12.0 Å². The highest BCUT2D eigenvalue weighted by Crippen LogP contribution is 2.38. The SMILES string of the molecule is COC1(CC(=O)Nc2ccc(F)c(CN)c2)CCC1. The van der Waals surface area contributed by atoms with Crippen LogP contribution in [0.3, 0.4) is 0 Å². The molecule has 1 fully saturated rings. The van der Waals surface area contributed by atoms with E-state index in [1.807, 2.05) is 0 Å². The van der Waals surface area contributed by atoms with Gasteiger partial charge in [-0.25, -0.2) is 4.39 Å². The van der Waals surface area contributed by atoms with Crippen LogP contribution in [0.1, 0.15) is 31.2 Å². The van der Waals surface area contributed by atoms with E-state index in [0.29, 0.717) is 17.7 Å². The van der Waals surface area contributed by atoms with Crippen molar-refractivity contribution < 1.29 is 13.9 Å². The van der Waals surface area contributed by atoms with E-state index >= 15 is 0 Å². The molecule has 1 aliphatic carbocycles. The zero-order valence-corrected chi connectivity index (χ0v) is 11.0. The van der Waals surface area contributed by atoms with E-state index in [2.05, 4.69) is 5.32 Å². The fraction of sp³-hybridized carbons (Fsp3) is 0.500. The minimum absolute atomic E-state index is 0.109. The molecular weight excluding hydrogens is 247 g/mol. The van der Waals surface area contributed by atoms with Gasteiger partial charge in [0.2, 0.25) is 5.91 Å². The fourth-order valence-corrected chi connectivity index (χ4v) is 2.33. The molecule has 19 heavy (non-hydrogen) atoms. The number of amides is 1. The first-order valence-corrected chi connectivity index (χ1v) is 6.42. The lowest BCUT2D eigenvalue weighted by atomic mass is 9.77. The number of methoxy groups -OCH3 is 1. The van der Waals surface area contributed by atoms with Crippen molar-refractivity contribution >= 4 is 11.6 Å². The molecule has 104 valence electrons. The number of carbonyl (C=O) groups excluding carboxylic acids is 1. The van der Waals surface area contributed by atoms with Gasteiger partial charge >= 0.3 is 0 Å². The van der Waals surface area contributed by atoms with Crippen LogP contribution in [0.5, 0.6) is 0 Å². The van der Waals surface area contributed by atoms with Gasteiger partial charge in [0.1, 0.15) is 5.82 Å². The Kier molecular flexibility index (Phi) is 4.17. The van der Waals surface area contributed by atoms with E-state index in [-0.39, 0.29) is 23.9 Å². The normalized spacial score (nSPS) is 16.8. The molecule has 0 saturated heterocycles. The summed E-state index contributed by atoms with van der Waals surface area (Å²) in [7, 11) is 1.64. The van der Waals surface area contributed by atoms with Gasteiger partial charge < -0.3 is 15.8 Å². The molecule has 1 aromatic rings. The minimum Gasteiger partial charge on any atom is -0.378 e. The molecule has 1 saturated carbocycles. The summed E-state index contributed by atoms with van der Waals surface area (Å²) in [6.07, 6.45) is 3.25. The first kappa shape index (κ1) is 14.0. The first-order valence-electron chi connectivity index (χ1n) is 6.42. The number of nitrogens with one attached hydrogen (secondary N) is 1. The van der Waals surface area contributed by atoms with E-state index in [9.17, 15) is 9.18 Å². The van der Waals surface area contributed by atoms with E-state index in [0.717, 1.165) is 19.3 Å². The summed E-state index contributed by atoms with van der Waals surface area (Å²) in [6, 6.07) is 4.41. The molecule has 5 heteroatoms. The van der Waals surface area contributed by atoms with Crippen molar-refractivity contribution in [3.63, 3.8) is 0 Å². The Morgan fingerprint density at radius 2 is 2.26 bits per heavy atom. The third-order valence-electron chi connectivity index (χ3n) is 3.73. The van der Waals surface area contributed by atoms with Gasteiger partial charge in [0.15, 0.2) is 0 Å². The predicted octanol–water partition coefficient (Wildman–Crippen LogP) is 2.18. The van der Waals surface area contributed by atoms with E-state index in [1.54, 1.807) is 13.2 Å². The van der Waals surface area contributed by atoms with Crippen LogP contribution < -0.4 is 11.1 Å². The molecule has 0 unspecified atom stereocenters. The van der Waals surface area contributed by atoms with Crippen molar-refractivity contribution in [2.45, 2.75) is 37.8 Å². The van der Waals surface area contributed by atoms with Gasteiger partial charge in [-0.1, -0.05) is 0 Å². The minimum atomic E-state index is -0.354. The van der Waals surface area contributed by atoms with Crippen molar-refractivity contribution in [3.05, 3.63) is 29.6 Å². The second-order valence-corrected chi connectivity index (χ2v) is 4.98. The first-order chi connectivity index (χ1) is 9.08. The molecule has 4 nitrogen and oxygen atoms in total. The number of hydrogen-bond acceptors (Lipinski definition) is 3. The van der Waals surface area contributed by atoms with Crippen LogP contribution in [-0.4, -0.2) is 18.6 Å². The maximum absolute atomic E-state index is 13.3. The average molecular weight is 266 g/mol. The number of rotatable bonds is 5. The molecule has 0 atom stereocenters. The fourth-order valence-electron chi connectivity index (χ4n) is 2.33. The molecule has 0 spiro atoms. The molecule has 0 heterocycles. The smallest absolute Gasteiger partial charge is 0.227 e. The number of anilines is 1. The molecule has 1 amide bonds. The molecule has 2 rings (SSSR count). The van der Waals surface area contributed by atoms with Crippen LogP contribution in [0.4, 0.5) is 10.1 Å². The standard InChI is InChI=1S/C14H19FN2O2/c1-19-14(5-2-6-14)8-13(18)17-11-3-4-12(15)10(7-11)9-16/h3-4,7H,2,5-6,8-9,16H2,1H3,(H,17,18). The molecule has 0 bridgehead atoms. The second kappa shape index (κ2) is 5.67. The van der Waals surface area contributed by atoms with Crippen molar-refractivity contribution in [2.24, 2.45) is 5.73 Å². The van der Waals surface area contributed by atoms with Crippen molar-refractivity contribution in [3.8, 4) is 0 Å². The lowest BCUT2D eigenvalue weighted by Crippen LogP contribution is -2.42. The molecule has 1 aliphatic rings. The Labute approximate surface area is 112 Å². The Morgan fingerprint density at radius 1 is 1.53 bits per heavy atom. The monoisotopic (exact) mass is 266 g/mol. The van der Waals surface area contributed by atoms with Crippen LogP contribution in [0.25, 0.3) is 0 Å². The summed E-state index contributed by atoms with van der Waals surface area (Å²) in [6.45, 7) is 0.109. The van der Waals surface area contributed by atoms with E-state index in [4.69, 9.17) is 10.5 Å². The predicted molar refractivity (Wildman–Crippen MR) is 71.1 cm³/mol. The number of benzene rings is 1. The van der Waals surface area contributed by atoms with Crippen LogP contribution >= 0.6 is 0 Å². The van der Waals surface area contributed by atoms with Gasteiger partial charge in [0, 0.05) is 24.9 Å². The molecule has 0 radical (unpaired) electrons. The van der Waals surface area contributed by atoms with Crippen LogP contribution in [0, 0.1) is 5.82 Å². The largest absolute Gasteiger partial charge is 0.378 e. The summed E-state index contributed by atoms with van der Waals surface area (Å²) in [5.74, 6) is -0.469. The van der Waals surface area contributed by atoms with Crippen LogP contribution in [0.15, 0.2) is 18.2 Å². The molecule has 0 aliphatic heterocycles. The van der Waals surface area contributed by atoms with Crippen molar-refractivity contribution in [2.75, 3.05) is 12.4 Å². The number of halogens is 1. The Morgan fingerprint density at radius 3 is 2.79 bits per heavy atom.